The number of benzene rings is 2. The van der Waals surface area contributed by atoms with Crippen LogP contribution in [0.25, 0.3) is 17.2 Å². The minimum absolute atomic E-state index is 0.242. The van der Waals surface area contributed by atoms with Crippen molar-refractivity contribution < 1.29 is 19.1 Å². The molecule has 0 unspecified atom stereocenters. The molecule has 152 valence electrons. The lowest BCUT2D eigenvalue weighted by atomic mass is 10.1. The van der Waals surface area contributed by atoms with Crippen LogP contribution in [-0.2, 0) is 11.3 Å². The standard InChI is InChI=1S/C23H19NO4S2/c1-27-18-8-6-15(7-9-18)13-24-22(25)21(30-23(24)26)12-20-11-17(14-29-20)16-4-3-5-19(10-16)28-2/h3-12,14H,13H2,1-2H3. The van der Waals surface area contributed by atoms with Crippen molar-refractivity contribution in [2.24, 2.45) is 0 Å². The minimum atomic E-state index is -0.267. The number of hydrogen-bond acceptors (Lipinski definition) is 6. The molecule has 2 heterocycles. The number of amides is 2. The van der Waals surface area contributed by atoms with Crippen LogP contribution in [-0.4, -0.2) is 30.3 Å². The van der Waals surface area contributed by atoms with Crippen molar-refractivity contribution in [1.29, 1.82) is 0 Å². The predicted octanol–water partition coefficient (Wildman–Crippen LogP) is 5.67. The molecule has 0 atom stereocenters. The number of hydrogen-bond donors (Lipinski definition) is 0. The largest absolute Gasteiger partial charge is 0.497 e. The monoisotopic (exact) mass is 437 g/mol. The predicted molar refractivity (Wildman–Crippen MR) is 121 cm³/mol. The number of thiophene rings is 1. The zero-order valence-corrected chi connectivity index (χ0v) is 18.1. The molecule has 5 nitrogen and oxygen atoms in total. The van der Waals surface area contributed by atoms with Gasteiger partial charge in [-0.3, -0.25) is 14.5 Å². The van der Waals surface area contributed by atoms with Gasteiger partial charge in [-0.05, 0) is 70.2 Å². The Bertz CT molecular complexity index is 1120. The maximum atomic E-state index is 12.8. The van der Waals surface area contributed by atoms with Crippen molar-refractivity contribution >= 4 is 40.3 Å². The molecule has 2 amide bonds. The minimum Gasteiger partial charge on any atom is -0.497 e. The van der Waals surface area contributed by atoms with Crippen LogP contribution in [0.1, 0.15) is 10.4 Å². The van der Waals surface area contributed by atoms with Gasteiger partial charge in [0.05, 0.1) is 25.7 Å². The van der Waals surface area contributed by atoms with Gasteiger partial charge in [0.15, 0.2) is 0 Å². The first-order valence-corrected chi connectivity index (χ1v) is 10.9. The summed E-state index contributed by atoms with van der Waals surface area (Å²) in [5, 5.41) is 1.77. The number of carbonyl (C=O) groups is 2. The summed E-state index contributed by atoms with van der Waals surface area (Å²) in [6.07, 6.45) is 1.78. The Labute approximate surface area is 182 Å². The smallest absolute Gasteiger partial charge is 0.293 e. The topological polar surface area (TPSA) is 55.8 Å². The van der Waals surface area contributed by atoms with Crippen molar-refractivity contribution in [3.05, 3.63) is 75.3 Å². The fourth-order valence-electron chi connectivity index (χ4n) is 3.06. The van der Waals surface area contributed by atoms with Gasteiger partial charge < -0.3 is 9.47 Å². The van der Waals surface area contributed by atoms with Crippen LogP contribution >= 0.6 is 23.1 Å². The molecule has 30 heavy (non-hydrogen) atoms. The molecular weight excluding hydrogens is 418 g/mol. The fourth-order valence-corrected chi connectivity index (χ4v) is 4.81. The molecule has 0 radical (unpaired) electrons. The number of rotatable bonds is 6. The normalized spacial score (nSPS) is 15.1. The molecule has 7 heteroatoms. The lowest BCUT2D eigenvalue weighted by molar-refractivity contribution is -0.123. The Morgan fingerprint density at radius 1 is 0.933 bits per heavy atom. The summed E-state index contributed by atoms with van der Waals surface area (Å²) in [5.74, 6) is 1.26. The van der Waals surface area contributed by atoms with E-state index >= 15 is 0 Å². The molecule has 0 aliphatic carbocycles. The third kappa shape index (κ3) is 4.27. The maximum Gasteiger partial charge on any atom is 0.293 e. The van der Waals surface area contributed by atoms with Crippen LogP contribution in [0.15, 0.2) is 64.9 Å². The second-order valence-electron chi connectivity index (χ2n) is 6.59. The van der Waals surface area contributed by atoms with E-state index in [0.29, 0.717) is 4.91 Å². The number of ether oxygens (including phenoxy) is 2. The van der Waals surface area contributed by atoms with Crippen molar-refractivity contribution in [2.75, 3.05) is 14.2 Å². The first-order chi connectivity index (χ1) is 14.6. The highest BCUT2D eigenvalue weighted by atomic mass is 32.2. The highest BCUT2D eigenvalue weighted by Crippen LogP contribution is 2.36. The van der Waals surface area contributed by atoms with Gasteiger partial charge in [0.25, 0.3) is 11.1 Å². The second kappa shape index (κ2) is 8.77. The Kier molecular flexibility index (Phi) is 5.92. The lowest BCUT2D eigenvalue weighted by Gasteiger charge is -2.12. The van der Waals surface area contributed by atoms with Crippen molar-refractivity contribution in [1.82, 2.24) is 4.90 Å². The average Bonchev–Trinajstić information content (AvgIpc) is 3.35. The molecule has 1 fully saturated rings. The summed E-state index contributed by atoms with van der Waals surface area (Å²) >= 11 is 2.51. The van der Waals surface area contributed by atoms with Gasteiger partial charge in [-0.15, -0.1) is 11.3 Å². The molecule has 0 N–H and O–H groups in total. The highest BCUT2D eigenvalue weighted by Gasteiger charge is 2.35. The van der Waals surface area contributed by atoms with Gasteiger partial charge in [0, 0.05) is 4.88 Å². The zero-order valence-electron chi connectivity index (χ0n) is 16.5. The zero-order chi connectivity index (χ0) is 21.1. The maximum absolute atomic E-state index is 12.8. The van der Waals surface area contributed by atoms with E-state index in [1.54, 1.807) is 20.3 Å². The van der Waals surface area contributed by atoms with E-state index in [9.17, 15) is 9.59 Å². The first-order valence-electron chi connectivity index (χ1n) is 9.18. The van der Waals surface area contributed by atoms with Crippen LogP contribution in [0.4, 0.5) is 4.79 Å². The summed E-state index contributed by atoms with van der Waals surface area (Å²) in [4.78, 5) is 27.8. The van der Waals surface area contributed by atoms with E-state index in [1.807, 2.05) is 60.0 Å². The molecule has 0 spiro atoms. The van der Waals surface area contributed by atoms with E-state index in [4.69, 9.17) is 9.47 Å². The molecule has 1 aliphatic heterocycles. The lowest BCUT2D eigenvalue weighted by Crippen LogP contribution is -2.27. The van der Waals surface area contributed by atoms with E-state index in [2.05, 4.69) is 0 Å². The number of thioether (sulfide) groups is 1. The molecule has 0 saturated carbocycles. The average molecular weight is 438 g/mol. The fraction of sp³-hybridized carbons (Fsp3) is 0.130. The van der Waals surface area contributed by atoms with E-state index < -0.39 is 0 Å². The molecule has 3 aromatic rings. The second-order valence-corrected chi connectivity index (χ2v) is 8.52. The third-order valence-electron chi connectivity index (χ3n) is 4.67. The van der Waals surface area contributed by atoms with Crippen LogP contribution in [0.2, 0.25) is 0 Å². The summed E-state index contributed by atoms with van der Waals surface area (Å²) < 4.78 is 10.4. The van der Waals surface area contributed by atoms with Crippen molar-refractivity contribution in [3.8, 4) is 22.6 Å². The van der Waals surface area contributed by atoms with E-state index in [0.717, 1.165) is 44.8 Å². The van der Waals surface area contributed by atoms with Crippen LogP contribution in [0, 0.1) is 0 Å². The summed E-state index contributed by atoms with van der Waals surface area (Å²) in [6, 6.07) is 17.2. The summed E-state index contributed by atoms with van der Waals surface area (Å²) in [5.41, 5.74) is 2.95. The number of methoxy groups -OCH3 is 2. The van der Waals surface area contributed by atoms with Gasteiger partial charge in [-0.1, -0.05) is 24.3 Å². The van der Waals surface area contributed by atoms with Crippen LogP contribution < -0.4 is 9.47 Å². The Balaban J connectivity index is 1.51. The van der Waals surface area contributed by atoms with Crippen LogP contribution in [0.5, 0.6) is 11.5 Å². The van der Waals surface area contributed by atoms with Crippen molar-refractivity contribution in [2.45, 2.75) is 6.54 Å². The van der Waals surface area contributed by atoms with E-state index in [-0.39, 0.29) is 17.7 Å². The number of imide groups is 1. The van der Waals surface area contributed by atoms with Gasteiger partial charge in [-0.25, -0.2) is 0 Å². The first kappa shape index (κ1) is 20.3. The molecule has 1 saturated heterocycles. The van der Waals surface area contributed by atoms with Gasteiger partial charge in [0.1, 0.15) is 11.5 Å². The summed E-state index contributed by atoms with van der Waals surface area (Å²) in [6.45, 7) is 0.242. The quantitative estimate of drug-likeness (QED) is 0.465. The van der Waals surface area contributed by atoms with Crippen LogP contribution in [0.3, 0.4) is 0 Å². The molecule has 2 aromatic carbocycles. The number of carbonyl (C=O) groups excluding carboxylic acids is 2. The molecule has 0 bridgehead atoms. The molecule has 4 rings (SSSR count). The molecular formula is C23H19NO4S2. The Morgan fingerprint density at radius 2 is 1.70 bits per heavy atom. The van der Waals surface area contributed by atoms with E-state index in [1.165, 1.54) is 16.2 Å². The van der Waals surface area contributed by atoms with Gasteiger partial charge >= 0.3 is 0 Å². The summed E-state index contributed by atoms with van der Waals surface area (Å²) in [7, 11) is 3.24. The molecule has 1 aromatic heterocycles. The number of nitrogens with zero attached hydrogens (tertiary/aromatic N) is 1. The van der Waals surface area contributed by atoms with Gasteiger partial charge in [0.2, 0.25) is 0 Å². The Hall–Kier alpha value is -3.03. The molecule has 1 aliphatic rings. The SMILES string of the molecule is COc1ccc(CN2C(=O)SC(=Cc3cc(-c4cccc(OC)c4)cs3)C2=O)cc1. The van der Waals surface area contributed by atoms with Gasteiger partial charge in [-0.2, -0.15) is 0 Å². The Morgan fingerprint density at radius 3 is 2.43 bits per heavy atom. The third-order valence-corrected chi connectivity index (χ3v) is 6.46. The highest BCUT2D eigenvalue weighted by molar-refractivity contribution is 8.18. The van der Waals surface area contributed by atoms with Crippen molar-refractivity contribution in [3.63, 3.8) is 0 Å².